The molecule has 0 atom stereocenters. The van der Waals surface area contributed by atoms with E-state index in [4.69, 9.17) is 9.84 Å². The summed E-state index contributed by atoms with van der Waals surface area (Å²) in [5.74, 6) is -2.59. The van der Waals surface area contributed by atoms with Crippen LogP contribution in [0.1, 0.15) is 33.8 Å². The first-order valence-electron chi connectivity index (χ1n) is 10.4. The predicted octanol–water partition coefficient (Wildman–Crippen LogP) is 4.39. The van der Waals surface area contributed by atoms with Crippen LogP contribution in [0, 0.1) is 5.82 Å². The first-order valence-corrected chi connectivity index (χ1v) is 10.4. The van der Waals surface area contributed by atoms with Gasteiger partial charge in [0.25, 0.3) is 5.91 Å². The second-order valence-corrected chi connectivity index (χ2v) is 7.54. The Bertz CT molecular complexity index is 1180. The van der Waals surface area contributed by atoms with Gasteiger partial charge in [-0.05, 0) is 40.5 Å². The average Bonchev–Trinajstić information content (AvgIpc) is 3.12. The van der Waals surface area contributed by atoms with Crippen LogP contribution in [0.5, 0.6) is 0 Å². The van der Waals surface area contributed by atoms with Gasteiger partial charge in [-0.3, -0.25) is 14.9 Å². The lowest BCUT2D eigenvalue weighted by atomic mass is 9.98. The maximum absolute atomic E-state index is 14.4. The predicted molar refractivity (Wildman–Crippen MR) is 120 cm³/mol. The quantitative estimate of drug-likeness (QED) is 0.497. The van der Waals surface area contributed by atoms with Crippen molar-refractivity contribution < 1.29 is 28.6 Å². The van der Waals surface area contributed by atoms with E-state index in [0.717, 1.165) is 28.3 Å². The van der Waals surface area contributed by atoms with Gasteiger partial charge in [-0.2, -0.15) is 0 Å². The minimum atomic E-state index is -1.05. The fourth-order valence-electron chi connectivity index (χ4n) is 3.89. The third-order valence-corrected chi connectivity index (χ3v) is 5.44. The molecule has 0 bridgehead atoms. The van der Waals surface area contributed by atoms with E-state index in [2.05, 4.69) is 10.6 Å². The van der Waals surface area contributed by atoms with E-state index >= 15 is 0 Å². The van der Waals surface area contributed by atoms with Gasteiger partial charge in [0, 0.05) is 18.0 Å². The summed E-state index contributed by atoms with van der Waals surface area (Å²) in [5, 5.41) is 13.4. The molecule has 0 fully saturated rings. The molecule has 3 aromatic carbocycles. The molecule has 1 aliphatic carbocycles. The van der Waals surface area contributed by atoms with Gasteiger partial charge in [0.15, 0.2) is 0 Å². The monoisotopic (exact) mass is 448 g/mol. The van der Waals surface area contributed by atoms with Crippen LogP contribution in [0.4, 0.5) is 14.9 Å². The zero-order valence-corrected chi connectivity index (χ0v) is 17.5. The smallest absolute Gasteiger partial charge is 0.411 e. The SMILES string of the molecule is O=C(O)CCNC(=O)c1ccc(NC(=O)OCC2c3ccccc3-c3ccccc32)c(F)c1. The number of carboxylic acids is 1. The number of carboxylic acid groups (broad SMARTS) is 1. The van der Waals surface area contributed by atoms with Gasteiger partial charge in [-0.1, -0.05) is 48.5 Å². The van der Waals surface area contributed by atoms with E-state index in [-0.39, 0.29) is 36.7 Å². The Morgan fingerprint density at radius 1 is 0.939 bits per heavy atom. The Balaban J connectivity index is 1.38. The van der Waals surface area contributed by atoms with E-state index in [1.165, 1.54) is 12.1 Å². The van der Waals surface area contributed by atoms with Crippen molar-refractivity contribution in [2.75, 3.05) is 18.5 Å². The number of fused-ring (bicyclic) bond motifs is 3. The lowest BCUT2D eigenvalue weighted by Crippen LogP contribution is -2.26. The highest BCUT2D eigenvalue weighted by atomic mass is 19.1. The second-order valence-electron chi connectivity index (χ2n) is 7.54. The zero-order chi connectivity index (χ0) is 23.4. The Labute approximate surface area is 189 Å². The Morgan fingerprint density at radius 3 is 2.18 bits per heavy atom. The van der Waals surface area contributed by atoms with Gasteiger partial charge in [-0.15, -0.1) is 0 Å². The van der Waals surface area contributed by atoms with Crippen LogP contribution in [-0.2, 0) is 9.53 Å². The Hall–Kier alpha value is -4.20. The molecule has 0 radical (unpaired) electrons. The van der Waals surface area contributed by atoms with Crippen molar-refractivity contribution in [3.63, 3.8) is 0 Å². The molecule has 0 aliphatic heterocycles. The number of anilines is 1. The number of benzene rings is 3. The molecule has 4 rings (SSSR count). The van der Waals surface area contributed by atoms with Crippen LogP contribution >= 0.6 is 0 Å². The van der Waals surface area contributed by atoms with Crippen LogP contribution in [0.25, 0.3) is 11.1 Å². The van der Waals surface area contributed by atoms with Crippen molar-refractivity contribution in [1.82, 2.24) is 5.32 Å². The van der Waals surface area contributed by atoms with Gasteiger partial charge < -0.3 is 15.2 Å². The topological polar surface area (TPSA) is 105 Å². The number of amides is 2. The highest BCUT2D eigenvalue weighted by Gasteiger charge is 2.29. The molecule has 1 aliphatic rings. The summed E-state index contributed by atoms with van der Waals surface area (Å²) < 4.78 is 19.8. The summed E-state index contributed by atoms with van der Waals surface area (Å²) in [6.07, 6.45) is -1.05. The highest BCUT2D eigenvalue weighted by Crippen LogP contribution is 2.44. The van der Waals surface area contributed by atoms with Crippen molar-refractivity contribution >= 4 is 23.7 Å². The second kappa shape index (κ2) is 9.52. The summed E-state index contributed by atoms with van der Waals surface area (Å²) in [7, 11) is 0. The highest BCUT2D eigenvalue weighted by molar-refractivity contribution is 5.95. The number of rotatable bonds is 7. The van der Waals surface area contributed by atoms with Crippen molar-refractivity contribution in [3.05, 3.63) is 89.2 Å². The van der Waals surface area contributed by atoms with E-state index in [1.807, 2.05) is 48.5 Å². The summed E-state index contributed by atoms with van der Waals surface area (Å²) >= 11 is 0. The van der Waals surface area contributed by atoms with Crippen molar-refractivity contribution in [3.8, 4) is 11.1 Å². The molecule has 8 heteroatoms. The van der Waals surface area contributed by atoms with E-state index in [0.29, 0.717) is 0 Å². The van der Waals surface area contributed by atoms with E-state index in [9.17, 15) is 18.8 Å². The molecule has 0 unspecified atom stereocenters. The summed E-state index contributed by atoms with van der Waals surface area (Å²) in [4.78, 5) is 34.8. The van der Waals surface area contributed by atoms with Crippen molar-refractivity contribution in [2.24, 2.45) is 0 Å². The number of ether oxygens (including phenoxy) is 1. The Kier molecular flexibility index (Phi) is 6.35. The maximum atomic E-state index is 14.4. The molecular weight excluding hydrogens is 427 g/mol. The number of hydrogen-bond acceptors (Lipinski definition) is 4. The summed E-state index contributed by atoms with van der Waals surface area (Å²) in [6, 6.07) is 19.4. The molecule has 0 aromatic heterocycles. The zero-order valence-electron chi connectivity index (χ0n) is 17.5. The molecule has 2 amide bonds. The average molecular weight is 448 g/mol. The summed E-state index contributed by atoms with van der Waals surface area (Å²) in [5.41, 5.74) is 4.22. The van der Waals surface area contributed by atoms with Crippen molar-refractivity contribution in [2.45, 2.75) is 12.3 Å². The van der Waals surface area contributed by atoms with Gasteiger partial charge >= 0.3 is 12.1 Å². The van der Waals surface area contributed by atoms with Gasteiger partial charge in [0.1, 0.15) is 12.4 Å². The third kappa shape index (κ3) is 4.85. The first kappa shape index (κ1) is 22.0. The number of hydrogen-bond donors (Lipinski definition) is 3. The fraction of sp³-hybridized carbons (Fsp3) is 0.160. The number of nitrogens with one attached hydrogen (secondary N) is 2. The molecule has 3 N–H and O–H groups in total. The minimum absolute atomic E-state index is 0.0102. The van der Waals surface area contributed by atoms with Gasteiger partial charge in [0.05, 0.1) is 12.1 Å². The molecule has 0 saturated carbocycles. The molecule has 7 nitrogen and oxygen atoms in total. The van der Waals surface area contributed by atoms with Crippen LogP contribution in [0.15, 0.2) is 66.7 Å². The van der Waals surface area contributed by atoms with Gasteiger partial charge in [-0.25, -0.2) is 9.18 Å². The number of carbonyl (C=O) groups is 3. The maximum Gasteiger partial charge on any atom is 0.411 e. The van der Waals surface area contributed by atoms with Crippen LogP contribution in [0.2, 0.25) is 0 Å². The number of aliphatic carboxylic acids is 1. The molecule has 0 saturated heterocycles. The molecule has 3 aromatic rings. The molecular formula is C25H21FN2O5. The lowest BCUT2D eigenvalue weighted by Gasteiger charge is -2.15. The van der Waals surface area contributed by atoms with Crippen LogP contribution < -0.4 is 10.6 Å². The largest absolute Gasteiger partial charge is 0.481 e. The van der Waals surface area contributed by atoms with Crippen LogP contribution in [0.3, 0.4) is 0 Å². The fourth-order valence-corrected chi connectivity index (χ4v) is 3.89. The van der Waals surface area contributed by atoms with Crippen molar-refractivity contribution in [1.29, 1.82) is 0 Å². The summed E-state index contributed by atoms with van der Waals surface area (Å²) in [6.45, 7) is 0.0150. The van der Waals surface area contributed by atoms with Crippen LogP contribution in [-0.4, -0.2) is 36.2 Å². The molecule has 0 spiro atoms. The number of carbonyl (C=O) groups excluding carboxylic acids is 2. The Morgan fingerprint density at radius 2 is 1.58 bits per heavy atom. The van der Waals surface area contributed by atoms with E-state index < -0.39 is 23.8 Å². The molecule has 33 heavy (non-hydrogen) atoms. The molecule has 0 heterocycles. The van der Waals surface area contributed by atoms with E-state index in [1.54, 1.807) is 0 Å². The first-order chi connectivity index (χ1) is 15.9. The standard InChI is InChI=1S/C25H21FN2O5/c26-21-13-15(24(31)27-12-11-23(29)30)9-10-22(21)28-25(32)33-14-20-18-7-3-1-5-16(18)17-6-2-4-8-19(17)20/h1-10,13,20H,11-12,14H2,(H,27,31)(H,28,32)(H,29,30). The number of halogens is 1. The minimum Gasteiger partial charge on any atom is -0.481 e. The lowest BCUT2D eigenvalue weighted by molar-refractivity contribution is -0.136. The van der Waals surface area contributed by atoms with Gasteiger partial charge in [0.2, 0.25) is 0 Å². The normalized spacial score (nSPS) is 11.9. The molecule has 168 valence electrons. The third-order valence-electron chi connectivity index (χ3n) is 5.44.